The van der Waals surface area contributed by atoms with Crippen LogP contribution < -0.4 is 14.8 Å². The Morgan fingerprint density at radius 1 is 0.984 bits per heavy atom. The van der Waals surface area contributed by atoms with Gasteiger partial charge in [-0.25, -0.2) is 9.59 Å². The number of hydrogen-bond acceptors (Lipinski definition) is 16. The van der Waals surface area contributed by atoms with Gasteiger partial charge < -0.3 is 53.8 Å². The molecule has 3 aliphatic carbocycles. The van der Waals surface area contributed by atoms with Crippen LogP contribution in [0.5, 0.6) is 11.5 Å². The van der Waals surface area contributed by atoms with E-state index in [2.05, 4.69) is 5.32 Å². The minimum Gasteiger partial charge on any atom is -0.497 e. The van der Waals surface area contributed by atoms with E-state index < -0.39 is 113 Å². The number of rotatable bonds is 12. The van der Waals surface area contributed by atoms with Crippen molar-refractivity contribution >= 4 is 35.6 Å². The number of Topliss-reactive ketones (excluding diaryl/α,β-unsaturated/α-hetero) is 1. The first-order valence-corrected chi connectivity index (χ1v) is 20.0. The minimum absolute atomic E-state index is 0.0311. The molecule has 1 aromatic rings. The van der Waals surface area contributed by atoms with Crippen molar-refractivity contribution in [3.05, 3.63) is 58.7 Å². The Kier molecular flexibility index (Phi) is 13.4. The second-order valence-electron chi connectivity index (χ2n) is 17.1. The van der Waals surface area contributed by atoms with Crippen molar-refractivity contribution in [2.45, 2.75) is 129 Å². The predicted molar refractivity (Wildman–Crippen MR) is 214 cm³/mol. The normalized spacial score (nSPS) is 32.3. The van der Waals surface area contributed by atoms with E-state index >= 15 is 4.79 Å². The van der Waals surface area contributed by atoms with Crippen molar-refractivity contribution in [2.24, 2.45) is 16.7 Å². The number of benzene rings is 1. The van der Waals surface area contributed by atoms with Crippen molar-refractivity contribution in [3.63, 3.8) is 0 Å². The molecule has 1 heterocycles. The summed E-state index contributed by atoms with van der Waals surface area (Å²) in [6.45, 7) is 12.8. The summed E-state index contributed by atoms with van der Waals surface area (Å²) >= 11 is 0. The van der Waals surface area contributed by atoms with Gasteiger partial charge in [0.2, 0.25) is 5.91 Å². The molecule has 61 heavy (non-hydrogen) atoms. The monoisotopic (exact) mass is 855 g/mol. The molecular formula is C44H57NO16. The lowest BCUT2D eigenvalue weighted by Crippen LogP contribution is -2.82. The summed E-state index contributed by atoms with van der Waals surface area (Å²) in [5.74, 6) is -6.86. The van der Waals surface area contributed by atoms with Crippen LogP contribution in [0.2, 0.25) is 0 Å². The summed E-state index contributed by atoms with van der Waals surface area (Å²) in [7, 11) is 2.70. The average molecular weight is 856 g/mol. The molecule has 1 aliphatic heterocycles. The van der Waals surface area contributed by atoms with Gasteiger partial charge >= 0.3 is 23.9 Å². The number of ketones is 1. The van der Waals surface area contributed by atoms with E-state index in [1.54, 1.807) is 26.8 Å². The molecule has 0 spiro atoms. The highest BCUT2D eigenvalue weighted by Gasteiger charge is 2.78. The lowest BCUT2D eigenvalue weighted by molar-refractivity contribution is -0.346. The third-order valence-corrected chi connectivity index (χ3v) is 12.8. The number of allylic oxidation sites excluding steroid dienone is 2. The molecule has 1 saturated heterocycles. The minimum atomic E-state index is -2.45. The molecule has 11 atom stereocenters. The van der Waals surface area contributed by atoms with E-state index in [9.17, 15) is 39.3 Å². The van der Waals surface area contributed by atoms with Gasteiger partial charge in [0.25, 0.3) is 0 Å². The lowest BCUT2D eigenvalue weighted by Gasteiger charge is -2.67. The van der Waals surface area contributed by atoms with E-state index in [1.807, 2.05) is 0 Å². The van der Waals surface area contributed by atoms with Crippen LogP contribution in [0, 0.1) is 16.7 Å². The number of hydrogen-bond donors (Lipinski definition) is 4. The van der Waals surface area contributed by atoms with Crippen LogP contribution in [0.25, 0.3) is 0 Å². The summed E-state index contributed by atoms with van der Waals surface area (Å²) in [6.07, 6.45) is -6.60. The molecule has 2 saturated carbocycles. The van der Waals surface area contributed by atoms with Gasteiger partial charge in [-0.2, -0.15) is 0 Å². The van der Waals surface area contributed by atoms with Crippen LogP contribution in [0.1, 0.15) is 85.5 Å². The molecule has 5 rings (SSSR count). The number of nitrogens with one attached hydrogen (secondary N) is 1. The molecule has 1 unspecified atom stereocenters. The predicted octanol–water partition coefficient (Wildman–Crippen LogP) is 2.61. The van der Waals surface area contributed by atoms with Gasteiger partial charge in [0.1, 0.15) is 41.0 Å². The van der Waals surface area contributed by atoms with Crippen molar-refractivity contribution in [2.75, 3.05) is 20.8 Å². The third kappa shape index (κ3) is 8.08. The van der Waals surface area contributed by atoms with Crippen molar-refractivity contribution in [3.8, 4) is 11.5 Å². The first kappa shape index (κ1) is 47.0. The summed E-state index contributed by atoms with van der Waals surface area (Å²) in [6, 6.07) is 3.07. The first-order chi connectivity index (χ1) is 28.4. The number of aliphatic hydroxyl groups is 3. The molecule has 4 N–H and O–H groups in total. The Hall–Kier alpha value is -5.10. The fourth-order valence-electron chi connectivity index (χ4n) is 9.70. The molecule has 17 heteroatoms. The molecule has 17 nitrogen and oxygen atoms in total. The van der Waals surface area contributed by atoms with E-state index in [-0.39, 0.29) is 41.2 Å². The maximum absolute atomic E-state index is 15.5. The second-order valence-corrected chi connectivity index (χ2v) is 17.1. The molecule has 1 amide bonds. The van der Waals surface area contributed by atoms with Gasteiger partial charge in [-0.1, -0.05) is 31.6 Å². The summed E-state index contributed by atoms with van der Waals surface area (Å²) in [5, 5.41) is 39.7. The third-order valence-electron chi connectivity index (χ3n) is 12.8. The molecule has 0 radical (unpaired) electrons. The molecule has 0 aromatic heterocycles. The van der Waals surface area contributed by atoms with Gasteiger partial charge in [-0.3, -0.25) is 19.2 Å². The van der Waals surface area contributed by atoms with Crippen molar-refractivity contribution in [1.82, 2.24) is 5.32 Å². The van der Waals surface area contributed by atoms with Crippen LogP contribution in [0.4, 0.5) is 0 Å². The van der Waals surface area contributed by atoms with Crippen molar-refractivity contribution < 1.29 is 77.2 Å². The Balaban J connectivity index is 1.79. The number of ether oxygens (including phenoxy) is 7. The summed E-state index contributed by atoms with van der Waals surface area (Å²) in [5.41, 5.74) is -7.48. The van der Waals surface area contributed by atoms with Crippen LogP contribution in [0.3, 0.4) is 0 Å². The standard InChI is InChI=1S/C44H57NO16/c1-12-13-32(49)45-27(16-21(2)3)34(50)40(53)59-29-19-44(54)38(60-39(52)26-17-25(55-10)14-15-28(26)56-11)36-42(9,30(48)18-31-43(36,20-57-31)61-24(6)47)37(51)35(58-23(5)46)33(22(29)4)41(44,7)8/h12-17,27,29-31,34-36,38,48,50,54H,18-20H2,1-11H3,(H,45,49)/b13-12+/t27-,29-,30-,31+,34+,35+,36?,38-,42+,43-,44+/m0/s1. The highest BCUT2D eigenvalue weighted by molar-refractivity contribution is 5.96. The smallest absolute Gasteiger partial charge is 0.342 e. The van der Waals surface area contributed by atoms with Crippen LogP contribution >= 0.6 is 0 Å². The van der Waals surface area contributed by atoms with Gasteiger partial charge in [-0.15, -0.1) is 0 Å². The quantitative estimate of drug-likeness (QED) is 0.102. The number of methoxy groups -OCH3 is 2. The van der Waals surface area contributed by atoms with E-state index in [0.717, 1.165) is 13.8 Å². The average Bonchev–Trinajstić information content (AvgIpc) is 3.17. The van der Waals surface area contributed by atoms with E-state index in [4.69, 9.17) is 33.2 Å². The van der Waals surface area contributed by atoms with E-state index in [0.29, 0.717) is 5.57 Å². The maximum Gasteiger partial charge on any atom is 0.342 e. The Labute approximate surface area is 354 Å². The fraction of sp³-hybridized carbons (Fsp3) is 0.591. The first-order valence-electron chi connectivity index (χ1n) is 20.0. The molecule has 2 bridgehead atoms. The van der Waals surface area contributed by atoms with E-state index in [1.165, 1.54) is 72.3 Å². The zero-order valence-electron chi connectivity index (χ0n) is 36.4. The lowest BCUT2D eigenvalue weighted by atomic mass is 9.44. The van der Waals surface area contributed by atoms with Crippen LogP contribution in [0.15, 0.2) is 53.1 Å². The number of esters is 4. The molecule has 3 fully saturated rings. The highest BCUT2D eigenvalue weighted by atomic mass is 16.6. The molecule has 4 aliphatic rings. The number of carbonyl (C=O) groups is 6. The topological polar surface area (TPSA) is 240 Å². The zero-order valence-corrected chi connectivity index (χ0v) is 36.4. The SMILES string of the molecule is C/C=C/C(=O)N[C@@H](C=C(C)C)[C@@H](O)C(=O)O[C@H]1C[C@@]2(O)[C@@H](OC(=O)c3cc(OC)ccc3OC)C3[C@](C)(C(=O)[C@H](OC(C)=O)C(=C1C)C2(C)C)[C@@H](O)C[C@H]1OC[C@@]31OC(C)=O. The summed E-state index contributed by atoms with van der Waals surface area (Å²) in [4.78, 5) is 82.7. The Bertz CT molecular complexity index is 2050. The fourth-order valence-corrected chi connectivity index (χ4v) is 9.70. The molecular weight excluding hydrogens is 798 g/mol. The number of fused-ring (bicyclic) bond motifs is 5. The van der Waals surface area contributed by atoms with Crippen LogP contribution in [-0.4, -0.2) is 126 Å². The van der Waals surface area contributed by atoms with Gasteiger partial charge in [0.05, 0.1) is 44.3 Å². The zero-order chi connectivity index (χ0) is 45.6. The van der Waals surface area contributed by atoms with Crippen LogP contribution in [-0.2, 0) is 47.7 Å². The van der Waals surface area contributed by atoms with Gasteiger partial charge in [-0.05, 0) is 70.0 Å². The largest absolute Gasteiger partial charge is 0.497 e. The molecule has 334 valence electrons. The Morgan fingerprint density at radius 2 is 1.66 bits per heavy atom. The maximum atomic E-state index is 15.5. The van der Waals surface area contributed by atoms with Gasteiger partial charge in [0, 0.05) is 32.1 Å². The van der Waals surface area contributed by atoms with Crippen molar-refractivity contribution in [1.29, 1.82) is 0 Å². The number of amides is 1. The second kappa shape index (κ2) is 17.3. The molecule has 1 aromatic carbocycles. The summed E-state index contributed by atoms with van der Waals surface area (Å²) < 4.78 is 41.1. The Morgan fingerprint density at radius 3 is 2.20 bits per heavy atom. The van der Waals surface area contributed by atoms with Gasteiger partial charge in [0.15, 0.2) is 23.6 Å². The number of carbonyl (C=O) groups excluding carboxylic acids is 6. The highest BCUT2D eigenvalue weighted by Crippen LogP contribution is 2.64. The number of aliphatic hydroxyl groups excluding tert-OH is 2.